The Bertz CT molecular complexity index is 716. The molecule has 0 atom stereocenters. The van der Waals surface area contributed by atoms with E-state index in [1.807, 2.05) is 29.8 Å². The number of rotatable bonds is 4. The molecule has 3 rings (SSSR count). The molecular weight excluding hydrogens is 290 g/mol. The zero-order valence-electron chi connectivity index (χ0n) is 11.5. The second kappa shape index (κ2) is 5.19. The lowest BCUT2D eigenvalue weighted by Crippen LogP contribution is -2.29. The van der Waals surface area contributed by atoms with Gasteiger partial charge in [0.15, 0.2) is 0 Å². The van der Waals surface area contributed by atoms with E-state index >= 15 is 0 Å². The molecule has 20 heavy (non-hydrogen) atoms. The normalized spacial score (nSPS) is 12.2. The van der Waals surface area contributed by atoms with Crippen molar-refractivity contribution in [1.29, 1.82) is 0 Å². The third kappa shape index (κ3) is 2.13. The van der Waals surface area contributed by atoms with Crippen LogP contribution in [0, 0.1) is 0 Å². The smallest absolute Gasteiger partial charge is 0.118 e. The average Bonchev–Trinajstić information content (AvgIpc) is 3.06. The Labute approximate surface area is 127 Å². The van der Waals surface area contributed by atoms with Crippen LogP contribution in [0.15, 0.2) is 35.8 Å². The summed E-state index contributed by atoms with van der Waals surface area (Å²) in [6.07, 6.45) is 2.60. The van der Waals surface area contributed by atoms with Crippen LogP contribution >= 0.6 is 22.9 Å². The van der Waals surface area contributed by atoms with Crippen molar-refractivity contribution in [3.63, 3.8) is 0 Å². The Hall–Kier alpha value is -1.39. The zero-order chi connectivity index (χ0) is 14.2. The molecule has 0 N–H and O–H groups in total. The summed E-state index contributed by atoms with van der Waals surface area (Å²) in [4.78, 5) is 9.22. The fraction of sp³-hybridized carbons (Fsp3) is 0.333. The molecule has 5 heteroatoms. The maximum atomic E-state index is 5.94. The van der Waals surface area contributed by atoms with Crippen LogP contribution in [-0.4, -0.2) is 20.4 Å². The first kappa shape index (κ1) is 13.6. The highest BCUT2D eigenvalue weighted by atomic mass is 35.5. The maximum absolute atomic E-state index is 5.94. The summed E-state index contributed by atoms with van der Waals surface area (Å²) < 4.78 is 2.27. The molecule has 0 fully saturated rings. The minimum absolute atomic E-state index is 0.230. The number of aryl methyl sites for hydroxylation is 1. The van der Waals surface area contributed by atoms with Crippen LogP contribution < -0.4 is 0 Å². The summed E-state index contributed by atoms with van der Waals surface area (Å²) in [5.41, 5.74) is 1.91. The Morgan fingerprint density at radius 3 is 2.80 bits per heavy atom. The molecule has 0 amide bonds. The van der Waals surface area contributed by atoms with Crippen molar-refractivity contribution < 1.29 is 0 Å². The van der Waals surface area contributed by atoms with Gasteiger partial charge in [-0.3, -0.25) is 0 Å². The predicted octanol–water partition coefficient (Wildman–Crippen LogP) is 4.06. The summed E-state index contributed by atoms with van der Waals surface area (Å²) in [6, 6.07) is 8.21. The maximum Gasteiger partial charge on any atom is 0.118 e. The molecule has 3 aromatic rings. The molecule has 2 heterocycles. The molecule has 0 bridgehead atoms. The fourth-order valence-electron chi connectivity index (χ4n) is 2.57. The Balaban J connectivity index is 2.25. The van der Waals surface area contributed by atoms with Gasteiger partial charge in [-0.1, -0.05) is 12.1 Å². The number of nitrogens with zero attached hydrogens (tertiary/aromatic N) is 3. The number of fused-ring (bicyclic) bond motifs is 1. The van der Waals surface area contributed by atoms with Gasteiger partial charge in [0, 0.05) is 23.9 Å². The molecule has 0 saturated carbocycles. The number of hydrogen-bond acceptors (Lipinski definition) is 3. The van der Waals surface area contributed by atoms with Crippen molar-refractivity contribution in [2.45, 2.75) is 25.8 Å². The quantitative estimate of drug-likeness (QED) is 0.681. The van der Waals surface area contributed by atoms with Gasteiger partial charge in [-0.2, -0.15) is 0 Å². The van der Waals surface area contributed by atoms with Crippen molar-refractivity contribution in [1.82, 2.24) is 14.5 Å². The van der Waals surface area contributed by atoms with Crippen LogP contribution in [0.1, 0.15) is 24.7 Å². The van der Waals surface area contributed by atoms with Crippen LogP contribution in [0.4, 0.5) is 0 Å². The van der Waals surface area contributed by atoms with Crippen molar-refractivity contribution >= 4 is 34.0 Å². The van der Waals surface area contributed by atoms with E-state index in [1.165, 1.54) is 0 Å². The molecule has 0 radical (unpaired) electrons. The van der Waals surface area contributed by atoms with Gasteiger partial charge in [0.05, 0.1) is 16.6 Å². The molecule has 0 unspecified atom stereocenters. The molecular formula is C15H16ClN3S. The van der Waals surface area contributed by atoms with Gasteiger partial charge in [0.25, 0.3) is 0 Å². The van der Waals surface area contributed by atoms with Crippen LogP contribution in [0.5, 0.6) is 0 Å². The minimum Gasteiger partial charge on any atom is -0.316 e. The SMILES string of the molecule is CC(C)(c1nccs1)n1c(CCCl)nc2ccccc21. The van der Waals surface area contributed by atoms with E-state index in [9.17, 15) is 0 Å². The van der Waals surface area contributed by atoms with Crippen LogP contribution in [0.3, 0.4) is 0 Å². The summed E-state index contributed by atoms with van der Waals surface area (Å²) in [5.74, 6) is 1.58. The number of aromatic nitrogens is 3. The van der Waals surface area contributed by atoms with Gasteiger partial charge in [0.2, 0.25) is 0 Å². The monoisotopic (exact) mass is 305 g/mol. The van der Waals surface area contributed by atoms with Crippen LogP contribution in [-0.2, 0) is 12.0 Å². The van der Waals surface area contributed by atoms with E-state index in [2.05, 4.69) is 29.5 Å². The predicted molar refractivity (Wildman–Crippen MR) is 84.7 cm³/mol. The topological polar surface area (TPSA) is 30.7 Å². The highest BCUT2D eigenvalue weighted by molar-refractivity contribution is 7.09. The number of para-hydroxylation sites is 2. The molecule has 1 aromatic carbocycles. The minimum atomic E-state index is -0.230. The lowest BCUT2D eigenvalue weighted by Gasteiger charge is -2.27. The van der Waals surface area contributed by atoms with Crippen LogP contribution in [0.25, 0.3) is 11.0 Å². The zero-order valence-corrected chi connectivity index (χ0v) is 13.1. The Morgan fingerprint density at radius 2 is 2.10 bits per heavy atom. The fourth-order valence-corrected chi connectivity index (χ4v) is 3.49. The van der Waals surface area contributed by atoms with Gasteiger partial charge in [-0.15, -0.1) is 22.9 Å². The van der Waals surface area contributed by atoms with E-state index in [0.717, 1.165) is 28.3 Å². The molecule has 0 saturated heterocycles. The first-order chi connectivity index (χ1) is 9.64. The second-order valence-corrected chi connectivity index (χ2v) is 6.46. The van der Waals surface area contributed by atoms with E-state index in [0.29, 0.717) is 5.88 Å². The molecule has 0 aliphatic carbocycles. The van der Waals surface area contributed by atoms with Gasteiger partial charge in [-0.05, 0) is 26.0 Å². The average molecular weight is 306 g/mol. The van der Waals surface area contributed by atoms with Gasteiger partial charge < -0.3 is 4.57 Å². The van der Waals surface area contributed by atoms with Gasteiger partial charge >= 0.3 is 0 Å². The second-order valence-electron chi connectivity index (χ2n) is 5.19. The van der Waals surface area contributed by atoms with E-state index in [1.54, 1.807) is 11.3 Å². The summed E-state index contributed by atoms with van der Waals surface area (Å²) in [7, 11) is 0. The highest BCUT2D eigenvalue weighted by Crippen LogP contribution is 2.32. The number of benzene rings is 1. The summed E-state index contributed by atoms with van der Waals surface area (Å²) >= 11 is 7.61. The van der Waals surface area contributed by atoms with E-state index in [4.69, 9.17) is 16.6 Å². The van der Waals surface area contributed by atoms with Crippen molar-refractivity contribution in [2.24, 2.45) is 0 Å². The number of hydrogen-bond donors (Lipinski definition) is 0. The number of thiazole rings is 1. The first-order valence-corrected chi connectivity index (χ1v) is 7.99. The van der Waals surface area contributed by atoms with E-state index < -0.39 is 0 Å². The molecule has 0 spiro atoms. The van der Waals surface area contributed by atoms with Crippen molar-refractivity contribution in [2.75, 3.05) is 5.88 Å². The molecule has 3 nitrogen and oxygen atoms in total. The largest absolute Gasteiger partial charge is 0.316 e. The Morgan fingerprint density at radius 1 is 1.30 bits per heavy atom. The molecule has 2 aromatic heterocycles. The number of halogens is 1. The van der Waals surface area contributed by atoms with Crippen molar-refractivity contribution in [3.05, 3.63) is 46.7 Å². The number of alkyl halides is 1. The standard InChI is InChI=1S/C15H16ClN3S/c1-15(2,14-17-9-10-20-14)19-12-6-4-3-5-11(12)18-13(19)7-8-16/h3-6,9-10H,7-8H2,1-2H3. The van der Waals surface area contributed by atoms with Crippen molar-refractivity contribution in [3.8, 4) is 0 Å². The van der Waals surface area contributed by atoms with Crippen LogP contribution in [0.2, 0.25) is 0 Å². The van der Waals surface area contributed by atoms with E-state index in [-0.39, 0.29) is 5.54 Å². The molecule has 0 aliphatic rings. The third-order valence-electron chi connectivity index (χ3n) is 3.46. The highest BCUT2D eigenvalue weighted by Gasteiger charge is 2.29. The Kier molecular flexibility index (Phi) is 3.52. The lowest BCUT2D eigenvalue weighted by atomic mass is 10.1. The summed E-state index contributed by atoms with van der Waals surface area (Å²) in [5, 5.41) is 3.09. The lowest BCUT2D eigenvalue weighted by molar-refractivity contribution is 0.431. The summed E-state index contributed by atoms with van der Waals surface area (Å²) in [6.45, 7) is 4.36. The first-order valence-electron chi connectivity index (χ1n) is 6.57. The number of imidazole rings is 1. The molecule has 0 aliphatic heterocycles. The van der Waals surface area contributed by atoms with Gasteiger partial charge in [0.1, 0.15) is 10.8 Å². The molecule has 104 valence electrons. The third-order valence-corrected chi connectivity index (χ3v) is 4.74. The van der Waals surface area contributed by atoms with Gasteiger partial charge in [-0.25, -0.2) is 9.97 Å².